The van der Waals surface area contributed by atoms with Crippen LogP contribution < -0.4 is 0 Å². The highest BCUT2D eigenvalue weighted by atomic mass is 16.2. The Morgan fingerprint density at radius 3 is 2.23 bits per heavy atom. The highest BCUT2D eigenvalue weighted by Gasteiger charge is 2.36. The van der Waals surface area contributed by atoms with Crippen molar-refractivity contribution in [3.63, 3.8) is 0 Å². The van der Waals surface area contributed by atoms with E-state index in [9.17, 15) is 9.59 Å². The van der Waals surface area contributed by atoms with Crippen LogP contribution >= 0.6 is 0 Å². The minimum absolute atomic E-state index is 0.134. The average molecular weight is 302 g/mol. The summed E-state index contributed by atoms with van der Waals surface area (Å²) in [4.78, 5) is 28.8. The number of carbonyl (C=O) groups excluding carboxylic acids is 2. The first-order chi connectivity index (χ1) is 10.4. The molecule has 0 radical (unpaired) electrons. The van der Waals surface area contributed by atoms with Gasteiger partial charge in [0.15, 0.2) is 0 Å². The largest absolute Gasteiger partial charge is 0.297 e. The van der Waals surface area contributed by atoms with Crippen LogP contribution in [0.3, 0.4) is 0 Å². The molecule has 2 amide bonds. The molecule has 1 aliphatic heterocycles. The maximum Gasteiger partial charge on any atom is 0.261 e. The number of amides is 2. The molecule has 4 heteroatoms. The van der Waals surface area contributed by atoms with Crippen LogP contribution in [0.25, 0.3) is 0 Å². The molecule has 22 heavy (non-hydrogen) atoms. The fourth-order valence-electron chi connectivity index (χ4n) is 3.23. The number of carbonyl (C=O) groups is 2. The molecule has 0 aromatic heterocycles. The molecule has 1 heterocycles. The zero-order valence-corrected chi connectivity index (χ0v) is 14.2. The fourth-order valence-corrected chi connectivity index (χ4v) is 3.23. The third kappa shape index (κ3) is 2.93. The molecule has 0 unspecified atom stereocenters. The second-order valence-electron chi connectivity index (χ2n) is 6.38. The van der Waals surface area contributed by atoms with E-state index in [-0.39, 0.29) is 11.8 Å². The van der Waals surface area contributed by atoms with E-state index >= 15 is 0 Å². The Hall–Kier alpha value is -1.68. The van der Waals surface area contributed by atoms with Gasteiger partial charge >= 0.3 is 0 Å². The van der Waals surface area contributed by atoms with Gasteiger partial charge in [0.2, 0.25) is 0 Å². The first-order valence-corrected chi connectivity index (χ1v) is 8.12. The van der Waals surface area contributed by atoms with E-state index in [0.29, 0.717) is 36.3 Å². The summed E-state index contributed by atoms with van der Waals surface area (Å²) in [6, 6.07) is 6.34. The summed E-state index contributed by atoms with van der Waals surface area (Å²) in [7, 11) is 0. The van der Waals surface area contributed by atoms with Crippen molar-refractivity contribution in [3.05, 3.63) is 34.9 Å². The highest BCUT2D eigenvalue weighted by Crippen LogP contribution is 2.26. The summed E-state index contributed by atoms with van der Waals surface area (Å²) in [6.07, 6.45) is 0.764. The number of imide groups is 1. The van der Waals surface area contributed by atoms with Gasteiger partial charge in [0.25, 0.3) is 11.8 Å². The van der Waals surface area contributed by atoms with Crippen molar-refractivity contribution in [1.29, 1.82) is 0 Å². The maximum absolute atomic E-state index is 12.6. The normalized spacial score (nSPS) is 14.6. The molecule has 4 nitrogen and oxygen atoms in total. The van der Waals surface area contributed by atoms with Crippen molar-refractivity contribution in [3.8, 4) is 0 Å². The monoisotopic (exact) mass is 302 g/mol. The molecule has 120 valence electrons. The highest BCUT2D eigenvalue weighted by molar-refractivity contribution is 6.22. The zero-order valence-electron chi connectivity index (χ0n) is 14.2. The van der Waals surface area contributed by atoms with Gasteiger partial charge in [-0.3, -0.25) is 19.4 Å². The lowest BCUT2D eigenvalue weighted by atomic mass is 10.0. The molecule has 0 atom stereocenters. The molecule has 0 N–H and O–H groups in total. The third-order valence-electron chi connectivity index (χ3n) is 4.37. The van der Waals surface area contributed by atoms with E-state index in [1.54, 1.807) is 6.07 Å². The minimum atomic E-state index is -0.150. The summed E-state index contributed by atoms with van der Waals surface area (Å²) < 4.78 is 0. The second kappa shape index (κ2) is 6.61. The van der Waals surface area contributed by atoms with Gasteiger partial charge < -0.3 is 0 Å². The molecule has 0 fully saturated rings. The van der Waals surface area contributed by atoms with E-state index < -0.39 is 0 Å². The fraction of sp³-hybridized carbons (Fsp3) is 0.556. The molecule has 2 rings (SSSR count). The molecule has 1 aliphatic rings. The predicted octanol–water partition coefficient (Wildman–Crippen LogP) is 2.96. The number of hydrogen-bond donors (Lipinski definition) is 0. The molecule has 0 saturated heterocycles. The van der Waals surface area contributed by atoms with Gasteiger partial charge in [-0.1, -0.05) is 19.1 Å². The van der Waals surface area contributed by atoms with Crippen LogP contribution in [-0.2, 0) is 6.42 Å². The van der Waals surface area contributed by atoms with Crippen LogP contribution in [0.15, 0.2) is 18.2 Å². The van der Waals surface area contributed by atoms with Gasteiger partial charge in [-0.15, -0.1) is 0 Å². The Kier molecular flexibility index (Phi) is 5.01. The number of benzene rings is 1. The minimum Gasteiger partial charge on any atom is -0.297 e. The summed E-state index contributed by atoms with van der Waals surface area (Å²) in [5.74, 6) is -0.285. The number of aryl methyl sites for hydroxylation is 1. The molecular formula is C18H26N2O2. The smallest absolute Gasteiger partial charge is 0.261 e. The first-order valence-electron chi connectivity index (χ1n) is 8.12. The van der Waals surface area contributed by atoms with Crippen LogP contribution in [0.5, 0.6) is 0 Å². The molecule has 0 aliphatic carbocycles. The van der Waals surface area contributed by atoms with Gasteiger partial charge in [-0.2, -0.15) is 0 Å². The topological polar surface area (TPSA) is 40.6 Å². The van der Waals surface area contributed by atoms with Gasteiger partial charge in [-0.05, 0) is 45.7 Å². The van der Waals surface area contributed by atoms with Crippen molar-refractivity contribution in [2.75, 3.05) is 13.1 Å². The molecule has 0 saturated carbocycles. The van der Waals surface area contributed by atoms with E-state index in [0.717, 1.165) is 12.0 Å². The zero-order chi connectivity index (χ0) is 16.4. The Morgan fingerprint density at radius 1 is 1.05 bits per heavy atom. The number of nitrogens with zero attached hydrogens (tertiary/aromatic N) is 2. The lowest BCUT2D eigenvalue weighted by Gasteiger charge is -2.31. The SMILES string of the molecule is CCc1cccc2c1C(=O)N(CCN(C(C)C)C(C)C)C2=O. The number of rotatable bonds is 6. The third-order valence-corrected chi connectivity index (χ3v) is 4.37. The van der Waals surface area contributed by atoms with Gasteiger partial charge in [-0.25, -0.2) is 0 Å². The van der Waals surface area contributed by atoms with Crippen molar-refractivity contribution in [1.82, 2.24) is 9.80 Å². The van der Waals surface area contributed by atoms with E-state index in [1.807, 2.05) is 19.1 Å². The molecule has 1 aromatic rings. The standard InChI is InChI=1S/C18H26N2O2/c1-6-14-8-7-9-15-16(14)18(22)20(17(15)21)11-10-19(12(2)3)13(4)5/h7-9,12-13H,6,10-11H2,1-5H3. The predicted molar refractivity (Wildman–Crippen MR) is 88.2 cm³/mol. The Balaban J connectivity index is 2.18. The Morgan fingerprint density at radius 2 is 1.68 bits per heavy atom. The summed E-state index contributed by atoms with van der Waals surface area (Å²) in [6.45, 7) is 11.7. The summed E-state index contributed by atoms with van der Waals surface area (Å²) in [5, 5.41) is 0. The van der Waals surface area contributed by atoms with Gasteiger partial charge in [0.1, 0.15) is 0 Å². The molecule has 0 bridgehead atoms. The number of fused-ring (bicyclic) bond motifs is 1. The van der Waals surface area contributed by atoms with Gasteiger partial charge in [0, 0.05) is 25.2 Å². The van der Waals surface area contributed by atoms with Crippen LogP contribution in [0.4, 0.5) is 0 Å². The first kappa shape index (κ1) is 16.7. The van der Waals surface area contributed by atoms with E-state index in [2.05, 4.69) is 32.6 Å². The lowest BCUT2D eigenvalue weighted by Crippen LogP contribution is -2.44. The second-order valence-corrected chi connectivity index (χ2v) is 6.38. The van der Waals surface area contributed by atoms with Crippen LogP contribution in [0, 0.1) is 0 Å². The average Bonchev–Trinajstić information content (AvgIpc) is 2.71. The van der Waals surface area contributed by atoms with Gasteiger partial charge in [0.05, 0.1) is 11.1 Å². The van der Waals surface area contributed by atoms with Crippen LogP contribution in [-0.4, -0.2) is 46.8 Å². The van der Waals surface area contributed by atoms with Crippen molar-refractivity contribution in [2.45, 2.75) is 53.1 Å². The lowest BCUT2D eigenvalue weighted by molar-refractivity contribution is 0.0614. The molecular weight excluding hydrogens is 276 g/mol. The summed E-state index contributed by atoms with van der Waals surface area (Å²) in [5.41, 5.74) is 2.13. The molecule has 0 spiro atoms. The number of hydrogen-bond acceptors (Lipinski definition) is 3. The van der Waals surface area contributed by atoms with Crippen molar-refractivity contribution in [2.24, 2.45) is 0 Å². The van der Waals surface area contributed by atoms with Crippen molar-refractivity contribution >= 4 is 11.8 Å². The van der Waals surface area contributed by atoms with Crippen molar-refractivity contribution < 1.29 is 9.59 Å². The summed E-state index contributed by atoms with van der Waals surface area (Å²) >= 11 is 0. The Bertz CT molecular complexity index is 570. The van der Waals surface area contributed by atoms with Crippen LogP contribution in [0.1, 0.15) is 60.9 Å². The van der Waals surface area contributed by atoms with E-state index in [4.69, 9.17) is 0 Å². The maximum atomic E-state index is 12.6. The molecule has 1 aromatic carbocycles. The van der Waals surface area contributed by atoms with Crippen LogP contribution in [0.2, 0.25) is 0 Å². The Labute approximate surface area is 133 Å². The van der Waals surface area contributed by atoms with E-state index in [1.165, 1.54) is 4.90 Å². The quantitative estimate of drug-likeness (QED) is 0.759.